The van der Waals surface area contributed by atoms with Gasteiger partial charge in [0.05, 0.1) is 6.61 Å². The molecule has 0 N–H and O–H groups in total. The van der Waals surface area contributed by atoms with Crippen LogP contribution in [0.3, 0.4) is 0 Å². The Bertz CT molecular complexity index is 171. The molecule has 0 aromatic rings. The molecule has 0 heterocycles. The van der Waals surface area contributed by atoms with Gasteiger partial charge in [0, 0.05) is 13.0 Å². The van der Waals surface area contributed by atoms with Crippen molar-refractivity contribution in [1.29, 1.82) is 0 Å². The molecule has 14 heavy (non-hydrogen) atoms. The Morgan fingerprint density at radius 2 is 1.86 bits per heavy atom. The van der Waals surface area contributed by atoms with Crippen molar-refractivity contribution in [3.8, 4) is 0 Å². The smallest absolute Gasteiger partial charge is 0.158 e. The molecule has 0 rings (SSSR count). The zero-order valence-electron chi connectivity index (χ0n) is 10.1. The van der Waals surface area contributed by atoms with Crippen molar-refractivity contribution in [3.05, 3.63) is 0 Å². The lowest BCUT2D eigenvalue weighted by molar-refractivity contribution is -0.125. The SMILES string of the molecule is CN(C)CCOCC(=O)CC(C)(C)C. The molecular weight excluding hydrogens is 178 g/mol. The third-order valence-corrected chi connectivity index (χ3v) is 1.67. The van der Waals surface area contributed by atoms with Gasteiger partial charge in [0.15, 0.2) is 5.78 Å². The number of likely N-dealkylation sites (N-methyl/N-ethyl adjacent to an activating group) is 1. The van der Waals surface area contributed by atoms with Gasteiger partial charge in [-0.05, 0) is 19.5 Å². The number of Topliss-reactive ketones (excluding diaryl/α,β-unsaturated/α-hetero) is 1. The first kappa shape index (κ1) is 13.6. The monoisotopic (exact) mass is 201 g/mol. The maximum absolute atomic E-state index is 11.4. The standard InChI is InChI=1S/C11H23NO2/c1-11(2,3)8-10(13)9-14-7-6-12(4)5/h6-9H2,1-5H3. The first-order chi connectivity index (χ1) is 6.31. The fourth-order valence-electron chi connectivity index (χ4n) is 1.08. The minimum absolute atomic E-state index is 0.0714. The van der Waals surface area contributed by atoms with E-state index in [4.69, 9.17) is 4.74 Å². The molecular formula is C11H23NO2. The lowest BCUT2D eigenvalue weighted by Gasteiger charge is -2.16. The number of hydrogen-bond acceptors (Lipinski definition) is 3. The molecule has 0 aromatic heterocycles. The molecule has 0 aliphatic rings. The van der Waals surface area contributed by atoms with Crippen LogP contribution in [-0.2, 0) is 9.53 Å². The van der Waals surface area contributed by atoms with Crippen LogP contribution in [0.5, 0.6) is 0 Å². The van der Waals surface area contributed by atoms with Crippen LogP contribution >= 0.6 is 0 Å². The molecule has 0 aromatic carbocycles. The first-order valence-corrected chi connectivity index (χ1v) is 5.05. The van der Waals surface area contributed by atoms with Crippen molar-refractivity contribution in [1.82, 2.24) is 4.90 Å². The molecule has 0 saturated heterocycles. The molecule has 0 spiro atoms. The van der Waals surface area contributed by atoms with Gasteiger partial charge in [0.1, 0.15) is 6.61 Å². The Labute approximate surface area is 87.4 Å². The van der Waals surface area contributed by atoms with Gasteiger partial charge in [-0.3, -0.25) is 4.79 Å². The predicted octanol–water partition coefficient (Wildman–Crippen LogP) is 1.57. The second kappa shape index (κ2) is 6.14. The molecule has 3 heteroatoms. The van der Waals surface area contributed by atoms with Crippen LogP contribution in [0.15, 0.2) is 0 Å². The van der Waals surface area contributed by atoms with E-state index in [0.29, 0.717) is 13.0 Å². The molecule has 0 aliphatic heterocycles. The van der Waals surface area contributed by atoms with E-state index in [2.05, 4.69) is 20.8 Å². The number of nitrogens with zero attached hydrogens (tertiary/aromatic N) is 1. The highest BCUT2D eigenvalue weighted by Gasteiger charge is 2.15. The molecule has 0 radical (unpaired) electrons. The maximum Gasteiger partial charge on any atom is 0.158 e. The second-order valence-electron chi connectivity index (χ2n) is 5.13. The van der Waals surface area contributed by atoms with Crippen molar-refractivity contribution < 1.29 is 9.53 Å². The highest BCUT2D eigenvalue weighted by molar-refractivity contribution is 5.80. The van der Waals surface area contributed by atoms with Crippen LogP contribution in [0.25, 0.3) is 0 Å². The Kier molecular flexibility index (Phi) is 5.96. The summed E-state index contributed by atoms with van der Waals surface area (Å²) in [6.07, 6.45) is 0.592. The second-order valence-corrected chi connectivity index (χ2v) is 5.13. The number of carbonyl (C=O) groups excluding carboxylic acids is 1. The molecule has 84 valence electrons. The summed E-state index contributed by atoms with van der Waals surface area (Å²) in [5.41, 5.74) is 0.0714. The van der Waals surface area contributed by atoms with Gasteiger partial charge in [-0.15, -0.1) is 0 Å². The summed E-state index contributed by atoms with van der Waals surface area (Å²) in [7, 11) is 3.97. The molecule has 3 nitrogen and oxygen atoms in total. The largest absolute Gasteiger partial charge is 0.372 e. The summed E-state index contributed by atoms with van der Waals surface area (Å²) < 4.78 is 5.26. The fraction of sp³-hybridized carbons (Fsp3) is 0.909. The van der Waals surface area contributed by atoms with Crippen LogP contribution in [0, 0.1) is 5.41 Å². The number of carbonyl (C=O) groups is 1. The van der Waals surface area contributed by atoms with E-state index in [1.54, 1.807) is 0 Å². The predicted molar refractivity (Wildman–Crippen MR) is 58.5 cm³/mol. The zero-order chi connectivity index (χ0) is 11.2. The number of ketones is 1. The third kappa shape index (κ3) is 9.68. The summed E-state index contributed by atoms with van der Waals surface area (Å²) in [5, 5.41) is 0. The van der Waals surface area contributed by atoms with Crippen molar-refractivity contribution in [2.24, 2.45) is 5.41 Å². The summed E-state index contributed by atoms with van der Waals surface area (Å²) in [4.78, 5) is 13.4. The number of hydrogen-bond donors (Lipinski definition) is 0. The van der Waals surface area contributed by atoms with Crippen LogP contribution in [-0.4, -0.2) is 44.5 Å². The highest BCUT2D eigenvalue weighted by atomic mass is 16.5. The van der Waals surface area contributed by atoms with Crippen LogP contribution < -0.4 is 0 Å². The molecule has 0 amide bonds. The molecule has 0 atom stereocenters. The molecule has 0 fully saturated rings. The quantitative estimate of drug-likeness (QED) is 0.611. The van der Waals surface area contributed by atoms with Gasteiger partial charge in [-0.25, -0.2) is 0 Å². The molecule has 0 bridgehead atoms. The van der Waals surface area contributed by atoms with Crippen LogP contribution in [0.4, 0.5) is 0 Å². The summed E-state index contributed by atoms with van der Waals surface area (Å²) >= 11 is 0. The normalized spacial score (nSPS) is 12.1. The molecule has 0 unspecified atom stereocenters. The Morgan fingerprint density at radius 3 is 2.29 bits per heavy atom. The Morgan fingerprint density at radius 1 is 1.29 bits per heavy atom. The average molecular weight is 201 g/mol. The van der Waals surface area contributed by atoms with Gasteiger partial charge in [-0.2, -0.15) is 0 Å². The van der Waals surface area contributed by atoms with E-state index >= 15 is 0 Å². The first-order valence-electron chi connectivity index (χ1n) is 5.05. The van der Waals surface area contributed by atoms with E-state index in [1.165, 1.54) is 0 Å². The van der Waals surface area contributed by atoms with Crippen molar-refractivity contribution in [2.45, 2.75) is 27.2 Å². The summed E-state index contributed by atoms with van der Waals surface area (Å²) in [5.74, 6) is 0.191. The summed E-state index contributed by atoms with van der Waals surface area (Å²) in [6.45, 7) is 7.93. The molecule has 0 aliphatic carbocycles. The van der Waals surface area contributed by atoms with E-state index in [9.17, 15) is 4.79 Å². The van der Waals surface area contributed by atoms with Crippen molar-refractivity contribution in [2.75, 3.05) is 33.9 Å². The minimum atomic E-state index is 0.0714. The number of rotatable bonds is 6. The van der Waals surface area contributed by atoms with Gasteiger partial charge in [0.2, 0.25) is 0 Å². The third-order valence-electron chi connectivity index (χ3n) is 1.67. The minimum Gasteiger partial charge on any atom is -0.372 e. The van der Waals surface area contributed by atoms with E-state index < -0.39 is 0 Å². The average Bonchev–Trinajstić information content (AvgIpc) is 1.94. The lowest BCUT2D eigenvalue weighted by atomic mass is 9.90. The topological polar surface area (TPSA) is 29.5 Å². The highest BCUT2D eigenvalue weighted by Crippen LogP contribution is 2.18. The maximum atomic E-state index is 11.4. The summed E-state index contributed by atoms with van der Waals surface area (Å²) in [6, 6.07) is 0. The Hall–Kier alpha value is -0.410. The van der Waals surface area contributed by atoms with Gasteiger partial charge in [-0.1, -0.05) is 20.8 Å². The van der Waals surface area contributed by atoms with Gasteiger partial charge >= 0.3 is 0 Å². The van der Waals surface area contributed by atoms with E-state index in [1.807, 2.05) is 19.0 Å². The van der Waals surface area contributed by atoms with Gasteiger partial charge in [0.25, 0.3) is 0 Å². The van der Waals surface area contributed by atoms with Crippen molar-refractivity contribution >= 4 is 5.78 Å². The lowest BCUT2D eigenvalue weighted by Crippen LogP contribution is -2.22. The van der Waals surface area contributed by atoms with Gasteiger partial charge < -0.3 is 9.64 Å². The zero-order valence-corrected chi connectivity index (χ0v) is 10.1. The molecule has 0 saturated carbocycles. The van der Waals surface area contributed by atoms with Crippen molar-refractivity contribution in [3.63, 3.8) is 0 Å². The van der Waals surface area contributed by atoms with E-state index in [-0.39, 0.29) is 17.8 Å². The van der Waals surface area contributed by atoms with Crippen LogP contribution in [0.1, 0.15) is 27.2 Å². The van der Waals surface area contributed by atoms with E-state index in [0.717, 1.165) is 6.54 Å². The van der Waals surface area contributed by atoms with Crippen LogP contribution in [0.2, 0.25) is 0 Å². The fourth-order valence-corrected chi connectivity index (χ4v) is 1.08. The number of ether oxygens (including phenoxy) is 1. The Balaban J connectivity index is 3.46.